The van der Waals surface area contributed by atoms with Gasteiger partial charge in [0.25, 0.3) is 0 Å². The lowest BCUT2D eigenvalue weighted by Gasteiger charge is -2.12. The lowest BCUT2D eigenvalue weighted by atomic mass is 9.99. The Kier molecular flexibility index (Phi) is 5.59. The van der Waals surface area contributed by atoms with Crippen LogP contribution in [-0.2, 0) is 6.54 Å². The lowest BCUT2D eigenvalue weighted by Crippen LogP contribution is -2.12. The van der Waals surface area contributed by atoms with Crippen molar-refractivity contribution in [1.29, 1.82) is 0 Å². The van der Waals surface area contributed by atoms with Gasteiger partial charge < -0.3 is 23.6 Å². The van der Waals surface area contributed by atoms with E-state index in [0.29, 0.717) is 45.7 Å². The van der Waals surface area contributed by atoms with Crippen LogP contribution in [0.4, 0.5) is 0 Å². The number of aromatic hydroxyl groups is 1. The molecule has 0 aliphatic rings. The summed E-state index contributed by atoms with van der Waals surface area (Å²) >= 11 is 0. The highest BCUT2D eigenvalue weighted by Crippen LogP contribution is 2.36. The normalized spacial score (nSPS) is 11.2. The van der Waals surface area contributed by atoms with E-state index in [1.807, 2.05) is 25.1 Å². The summed E-state index contributed by atoms with van der Waals surface area (Å²) in [5.41, 5.74) is 2.23. The summed E-state index contributed by atoms with van der Waals surface area (Å²) in [4.78, 5) is 15.3. The number of carbonyl (C=O) groups excluding carboxylic acids is 1. The summed E-state index contributed by atoms with van der Waals surface area (Å²) in [5.74, 6) is 1.25. The number of phenols is 1. The van der Waals surface area contributed by atoms with E-state index in [1.165, 1.54) is 0 Å². The van der Waals surface area contributed by atoms with Gasteiger partial charge in [0, 0.05) is 22.9 Å². The van der Waals surface area contributed by atoms with Crippen LogP contribution < -0.4 is 4.74 Å². The van der Waals surface area contributed by atoms with Gasteiger partial charge >= 0.3 is 0 Å². The molecule has 7 heteroatoms. The Labute approximate surface area is 174 Å². The molecule has 0 radical (unpaired) electrons. The second-order valence-electron chi connectivity index (χ2n) is 7.05. The van der Waals surface area contributed by atoms with Crippen LogP contribution in [0.25, 0.3) is 21.9 Å². The summed E-state index contributed by atoms with van der Waals surface area (Å²) < 4.78 is 16.8. The molecule has 29 heavy (non-hydrogen) atoms. The number of hydrogen-bond acceptors (Lipinski definition) is 6. The van der Waals surface area contributed by atoms with Gasteiger partial charge in [-0.25, -0.2) is 0 Å². The van der Waals surface area contributed by atoms with Crippen molar-refractivity contribution in [1.82, 2.24) is 4.90 Å². The number of hydrogen-bond donors (Lipinski definition) is 1. The first kappa shape index (κ1) is 20.8. The minimum Gasteiger partial charge on any atom is -0.508 e. The number of rotatable bonds is 5. The van der Waals surface area contributed by atoms with Gasteiger partial charge in [-0.1, -0.05) is 0 Å². The number of carbonyl (C=O) groups is 1. The SMILES string of the molecule is COc1ccc2oc(C(=O)c3c(C)oc4ccc(O)c(CN(C)C)c34)cc2c1.Cl. The van der Waals surface area contributed by atoms with Crippen LogP contribution in [0.2, 0.25) is 0 Å². The molecule has 0 amide bonds. The highest BCUT2D eigenvalue weighted by molar-refractivity contribution is 6.17. The Morgan fingerprint density at radius 1 is 1.10 bits per heavy atom. The molecule has 0 saturated heterocycles. The Morgan fingerprint density at radius 3 is 2.52 bits per heavy atom. The van der Waals surface area contributed by atoms with Crippen molar-refractivity contribution in [3.05, 3.63) is 59.0 Å². The van der Waals surface area contributed by atoms with E-state index >= 15 is 0 Å². The monoisotopic (exact) mass is 415 g/mol. The zero-order valence-corrected chi connectivity index (χ0v) is 17.4. The smallest absolute Gasteiger partial charge is 0.232 e. The Morgan fingerprint density at radius 2 is 1.83 bits per heavy atom. The van der Waals surface area contributed by atoms with Gasteiger partial charge in [0.15, 0.2) is 5.76 Å². The minimum atomic E-state index is -0.281. The molecule has 0 saturated carbocycles. The van der Waals surface area contributed by atoms with Crippen LogP contribution in [-0.4, -0.2) is 37.0 Å². The van der Waals surface area contributed by atoms with Gasteiger partial charge in [-0.05, 0) is 57.4 Å². The van der Waals surface area contributed by atoms with E-state index < -0.39 is 0 Å². The van der Waals surface area contributed by atoms with Crippen LogP contribution in [0.5, 0.6) is 11.5 Å². The fraction of sp³-hybridized carbons (Fsp3) is 0.227. The van der Waals surface area contributed by atoms with Gasteiger partial charge in [0.2, 0.25) is 5.78 Å². The third-order valence-corrected chi connectivity index (χ3v) is 4.76. The number of benzene rings is 2. The third kappa shape index (κ3) is 3.57. The van der Waals surface area contributed by atoms with Gasteiger partial charge in [0.1, 0.15) is 28.4 Å². The molecule has 152 valence electrons. The fourth-order valence-corrected chi connectivity index (χ4v) is 3.50. The standard InChI is InChI=1S/C22H21NO5.ClH/c1-12-20(21-15(11-23(2)3)16(24)6-8-18(21)27-12)22(25)19-10-13-9-14(26-4)5-7-17(13)28-19;/h5-10,24H,11H2,1-4H3;1H. The van der Waals surface area contributed by atoms with Gasteiger partial charge in [-0.15, -0.1) is 12.4 Å². The Hall–Kier alpha value is -2.96. The average molecular weight is 416 g/mol. The topological polar surface area (TPSA) is 76.0 Å². The molecule has 4 rings (SSSR count). The number of nitrogens with zero attached hydrogens (tertiary/aromatic N) is 1. The average Bonchev–Trinajstić information content (AvgIpc) is 3.23. The summed E-state index contributed by atoms with van der Waals surface area (Å²) in [6.07, 6.45) is 0. The molecule has 1 N–H and O–H groups in total. The molecule has 4 aromatic rings. The highest BCUT2D eigenvalue weighted by Gasteiger charge is 2.26. The fourth-order valence-electron chi connectivity index (χ4n) is 3.50. The van der Waals surface area contributed by atoms with Crippen molar-refractivity contribution in [2.24, 2.45) is 0 Å². The molecule has 0 spiro atoms. The van der Waals surface area contributed by atoms with E-state index in [0.717, 1.165) is 5.39 Å². The molecule has 0 aliphatic carbocycles. The van der Waals surface area contributed by atoms with Gasteiger partial charge in [0.05, 0.1) is 12.7 Å². The van der Waals surface area contributed by atoms with E-state index in [2.05, 4.69) is 0 Å². The molecular formula is C22H22ClNO5. The predicted molar refractivity (Wildman–Crippen MR) is 113 cm³/mol. The van der Waals surface area contributed by atoms with Crippen LogP contribution in [0, 0.1) is 6.92 Å². The number of halogens is 1. The lowest BCUT2D eigenvalue weighted by molar-refractivity contribution is 0.101. The zero-order chi connectivity index (χ0) is 20.0. The summed E-state index contributed by atoms with van der Waals surface area (Å²) in [5, 5.41) is 11.8. The van der Waals surface area contributed by atoms with Crippen molar-refractivity contribution < 1.29 is 23.5 Å². The molecule has 2 aromatic carbocycles. The zero-order valence-electron chi connectivity index (χ0n) is 16.6. The predicted octanol–water partition coefficient (Wildman–Crippen LogP) is 4.92. The second kappa shape index (κ2) is 7.81. The maximum absolute atomic E-state index is 13.3. The van der Waals surface area contributed by atoms with Crippen molar-refractivity contribution in [2.75, 3.05) is 21.2 Å². The second-order valence-corrected chi connectivity index (χ2v) is 7.05. The van der Waals surface area contributed by atoms with E-state index in [1.54, 1.807) is 44.4 Å². The van der Waals surface area contributed by atoms with E-state index in [9.17, 15) is 9.90 Å². The number of ether oxygens (including phenoxy) is 1. The molecule has 2 heterocycles. The van der Waals surface area contributed by atoms with Crippen molar-refractivity contribution in [3.8, 4) is 11.5 Å². The van der Waals surface area contributed by atoms with Gasteiger partial charge in [-0.3, -0.25) is 4.79 Å². The van der Waals surface area contributed by atoms with Crippen LogP contribution >= 0.6 is 12.4 Å². The quantitative estimate of drug-likeness (QED) is 0.466. The number of fused-ring (bicyclic) bond motifs is 2. The maximum atomic E-state index is 13.3. The van der Waals surface area contributed by atoms with E-state index in [4.69, 9.17) is 13.6 Å². The molecule has 0 unspecified atom stereocenters. The van der Waals surface area contributed by atoms with Crippen LogP contribution in [0.15, 0.2) is 45.2 Å². The molecule has 0 fully saturated rings. The van der Waals surface area contributed by atoms with Crippen molar-refractivity contribution in [2.45, 2.75) is 13.5 Å². The Balaban J connectivity index is 0.00000240. The number of furan rings is 2. The van der Waals surface area contributed by atoms with Crippen molar-refractivity contribution in [3.63, 3.8) is 0 Å². The molecule has 2 aromatic heterocycles. The molecule has 0 atom stereocenters. The molecule has 0 bridgehead atoms. The molecular weight excluding hydrogens is 394 g/mol. The number of phenolic OH excluding ortho intramolecular Hbond substituents is 1. The third-order valence-electron chi connectivity index (χ3n) is 4.76. The Bertz CT molecular complexity index is 1210. The number of ketones is 1. The van der Waals surface area contributed by atoms with E-state index in [-0.39, 0.29) is 29.7 Å². The maximum Gasteiger partial charge on any atom is 0.232 e. The molecule has 0 aliphatic heterocycles. The summed E-state index contributed by atoms with van der Waals surface area (Å²) in [6, 6.07) is 10.3. The van der Waals surface area contributed by atoms with Crippen molar-refractivity contribution >= 4 is 40.1 Å². The number of aryl methyl sites for hydroxylation is 1. The van der Waals surface area contributed by atoms with Crippen LogP contribution in [0.3, 0.4) is 0 Å². The first-order chi connectivity index (χ1) is 13.4. The minimum absolute atomic E-state index is 0. The summed E-state index contributed by atoms with van der Waals surface area (Å²) in [7, 11) is 5.39. The van der Waals surface area contributed by atoms with Gasteiger partial charge in [-0.2, -0.15) is 0 Å². The van der Waals surface area contributed by atoms with Crippen LogP contribution in [0.1, 0.15) is 27.4 Å². The summed E-state index contributed by atoms with van der Waals surface area (Å²) in [6.45, 7) is 2.22. The molecule has 6 nitrogen and oxygen atoms in total. The number of methoxy groups -OCH3 is 1. The first-order valence-corrected chi connectivity index (χ1v) is 8.90. The largest absolute Gasteiger partial charge is 0.508 e. The highest BCUT2D eigenvalue weighted by atomic mass is 35.5. The first-order valence-electron chi connectivity index (χ1n) is 8.90.